The van der Waals surface area contributed by atoms with Gasteiger partial charge in [0.05, 0.1) is 0 Å². The van der Waals surface area contributed by atoms with Gasteiger partial charge in [-0.05, 0) is 36.2 Å². The van der Waals surface area contributed by atoms with Crippen molar-refractivity contribution in [2.24, 2.45) is 11.8 Å². The van der Waals surface area contributed by atoms with E-state index in [0.717, 1.165) is 23.4 Å². The molecule has 18 heavy (non-hydrogen) atoms. The first-order valence-electron chi connectivity index (χ1n) is 6.63. The number of aromatic nitrogens is 1. The molecule has 0 atom stereocenters. The summed E-state index contributed by atoms with van der Waals surface area (Å²) < 4.78 is 4.01. The second kappa shape index (κ2) is 6.05. The van der Waals surface area contributed by atoms with Gasteiger partial charge in [0.1, 0.15) is 16.6 Å². The maximum absolute atomic E-state index is 8.99. The van der Waals surface area contributed by atoms with Gasteiger partial charge in [0.2, 0.25) is 0 Å². The Bertz CT molecular complexity index is 427. The third-order valence-electron chi connectivity index (χ3n) is 3.93. The molecule has 5 heteroatoms. The standard InChI is InChI=1S/C13H20N4S/c1-2-9-3-5-10(6-4-9)8-16-13-11(7-14)12(15)17-18-13/h9-10,16H,2-6,8H2,1H3,(H2,15,17). The van der Waals surface area contributed by atoms with E-state index in [9.17, 15) is 0 Å². The largest absolute Gasteiger partial charge is 0.382 e. The highest BCUT2D eigenvalue weighted by Crippen LogP contribution is 2.32. The van der Waals surface area contributed by atoms with Crippen molar-refractivity contribution >= 4 is 22.4 Å². The molecule has 2 rings (SSSR count). The fourth-order valence-electron chi connectivity index (χ4n) is 2.61. The lowest BCUT2D eigenvalue weighted by Crippen LogP contribution is -2.20. The van der Waals surface area contributed by atoms with E-state index in [1.807, 2.05) is 0 Å². The average Bonchev–Trinajstić information content (AvgIpc) is 2.77. The quantitative estimate of drug-likeness (QED) is 0.875. The van der Waals surface area contributed by atoms with Crippen molar-refractivity contribution in [1.29, 1.82) is 5.26 Å². The summed E-state index contributed by atoms with van der Waals surface area (Å²) in [6.07, 6.45) is 6.59. The van der Waals surface area contributed by atoms with Gasteiger partial charge in [-0.2, -0.15) is 9.64 Å². The first-order chi connectivity index (χ1) is 8.74. The predicted molar refractivity (Wildman–Crippen MR) is 75.5 cm³/mol. The second-order valence-electron chi connectivity index (χ2n) is 5.06. The molecule has 4 nitrogen and oxygen atoms in total. The van der Waals surface area contributed by atoms with Crippen LogP contribution in [0.5, 0.6) is 0 Å². The van der Waals surface area contributed by atoms with E-state index < -0.39 is 0 Å². The molecule has 0 aromatic carbocycles. The second-order valence-corrected chi connectivity index (χ2v) is 5.83. The lowest BCUT2D eigenvalue weighted by molar-refractivity contribution is 0.278. The topological polar surface area (TPSA) is 74.7 Å². The average molecular weight is 264 g/mol. The number of hydrogen-bond donors (Lipinski definition) is 2. The Morgan fingerprint density at radius 1 is 1.39 bits per heavy atom. The first kappa shape index (κ1) is 13.2. The molecule has 1 saturated carbocycles. The van der Waals surface area contributed by atoms with Gasteiger partial charge < -0.3 is 11.1 Å². The molecular weight excluding hydrogens is 244 g/mol. The number of rotatable bonds is 4. The minimum absolute atomic E-state index is 0.347. The Labute approximate surface area is 112 Å². The van der Waals surface area contributed by atoms with Crippen LogP contribution in [0.4, 0.5) is 10.8 Å². The summed E-state index contributed by atoms with van der Waals surface area (Å²) in [6, 6.07) is 2.11. The molecular formula is C13H20N4S. The van der Waals surface area contributed by atoms with Crippen LogP contribution < -0.4 is 11.1 Å². The Hall–Kier alpha value is -1.28. The van der Waals surface area contributed by atoms with Crippen LogP contribution in [0, 0.1) is 23.2 Å². The lowest BCUT2D eigenvalue weighted by atomic mass is 9.81. The van der Waals surface area contributed by atoms with E-state index in [2.05, 4.69) is 22.7 Å². The molecule has 1 aliphatic carbocycles. The molecule has 1 aromatic rings. The number of nitrogens with two attached hydrogens (primary N) is 1. The number of nitrogens with zero attached hydrogens (tertiary/aromatic N) is 2. The van der Waals surface area contributed by atoms with Crippen LogP contribution in [0.1, 0.15) is 44.6 Å². The van der Waals surface area contributed by atoms with Crippen LogP contribution in [0.25, 0.3) is 0 Å². The van der Waals surface area contributed by atoms with Crippen LogP contribution in [-0.4, -0.2) is 10.9 Å². The molecule has 0 aliphatic heterocycles. The van der Waals surface area contributed by atoms with Crippen molar-refractivity contribution in [2.45, 2.75) is 39.0 Å². The van der Waals surface area contributed by atoms with Gasteiger partial charge in [-0.1, -0.05) is 26.2 Å². The normalized spacial score (nSPS) is 23.6. The molecule has 0 spiro atoms. The Morgan fingerprint density at radius 2 is 2.06 bits per heavy atom. The zero-order chi connectivity index (χ0) is 13.0. The number of nitrogen functional groups attached to an aromatic ring is 1. The molecule has 1 aliphatic rings. The van der Waals surface area contributed by atoms with Crippen molar-refractivity contribution in [3.8, 4) is 6.07 Å². The summed E-state index contributed by atoms with van der Waals surface area (Å²) in [5, 5.41) is 13.2. The first-order valence-corrected chi connectivity index (χ1v) is 7.41. The van der Waals surface area contributed by atoms with Crippen molar-refractivity contribution in [3.05, 3.63) is 5.56 Å². The van der Waals surface area contributed by atoms with Crippen LogP contribution in [0.2, 0.25) is 0 Å². The zero-order valence-electron chi connectivity index (χ0n) is 10.8. The van der Waals surface area contributed by atoms with E-state index in [4.69, 9.17) is 11.0 Å². The van der Waals surface area contributed by atoms with E-state index >= 15 is 0 Å². The number of anilines is 2. The van der Waals surface area contributed by atoms with Crippen LogP contribution in [0.3, 0.4) is 0 Å². The molecule has 0 bridgehead atoms. The lowest BCUT2D eigenvalue weighted by Gasteiger charge is -2.27. The monoisotopic (exact) mass is 264 g/mol. The summed E-state index contributed by atoms with van der Waals surface area (Å²) in [6.45, 7) is 3.22. The third kappa shape index (κ3) is 2.94. The summed E-state index contributed by atoms with van der Waals surface area (Å²) in [5.74, 6) is 2.00. The molecule has 3 N–H and O–H groups in total. The smallest absolute Gasteiger partial charge is 0.157 e. The molecule has 98 valence electrons. The van der Waals surface area contributed by atoms with Gasteiger partial charge in [0, 0.05) is 6.54 Å². The highest BCUT2D eigenvalue weighted by molar-refractivity contribution is 7.10. The molecule has 0 amide bonds. The van der Waals surface area contributed by atoms with Gasteiger partial charge in [-0.15, -0.1) is 0 Å². The van der Waals surface area contributed by atoms with Gasteiger partial charge in [0.25, 0.3) is 0 Å². The summed E-state index contributed by atoms with van der Waals surface area (Å²) in [4.78, 5) is 0. The summed E-state index contributed by atoms with van der Waals surface area (Å²) in [5.41, 5.74) is 6.14. The highest BCUT2D eigenvalue weighted by Gasteiger charge is 2.20. The van der Waals surface area contributed by atoms with Crippen LogP contribution >= 0.6 is 11.5 Å². The van der Waals surface area contributed by atoms with Crippen LogP contribution in [-0.2, 0) is 0 Å². The Morgan fingerprint density at radius 3 is 2.67 bits per heavy atom. The van der Waals surface area contributed by atoms with Crippen molar-refractivity contribution in [2.75, 3.05) is 17.6 Å². The van der Waals surface area contributed by atoms with Gasteiger partial charge in [-0.3, -0.25) is 0 Å². The molecule has 0 unspecified atom stereocenters. The minimum atomic E-state index is 0.347. The Kier molecular flexibility index (Phi) is 4.43. The maximum atomic E-state index is 8.99. The fraction of sp³-hybridized carbons (Fsp3) is 0.692. The fourth-order valence-corrected chi connectivity index (χ4v) is 3.28. The highest BCUT2D eigenvalue weighted by atomic mass is 32.1. The molecule has 1 aromatic heterocycles. The zero-order valence-corrected chi connectivity index (χ0v) is 11.6. The maximum Gasteiger partial charge on any atom is 0.157 e. The van der Waals surface area contributed by atoms with E-state index in [0.29, 0.717) is 11.4 Å². The van der Waals surface area contributed by atoms with Gasteiger partial charge in [-0.25, -0.2) is 0 Å². The summed E-state index contributed by atoms with van der Waals surface area (Å²) in [7, 11) is 0. The van der Waals surface area contributed by atoms with Crippen molar-refractivity contribution in [1.82, 2.24) is 4.37 Å². The van der Waals surface area contributed by atoms with E-state index in [1.54, 1.807) is 0 Å². The van der Waals surface area contributed by atoms with Crippen molar-refractivity contribution in [3.63, 3.8) is 0 Å². The minimum Gasteiger partial charge on any atom is -0.382 e. The third-order valence-corrected chi connectivity index (χ3v) is 4.74. The van der Waals surface area contributed by atoms with E-state index in [1.165, 1.54) is 43.6 Å². The molecule has 0 radical (unpaired) electrons. The number of nitrogens with one attached hydrogen (secondary N) is 1. The Balaban J connectivity index is 1.84. The number of nitriles is 1. The number of hydrogen-bond acceptors (Lipinski definition) is 5. The predicted octanol–water partition coefficient (Wildman–Crippen LogP) is 3.23. The molecule has 0 saturated heterocycles. The van der Waals surface area contributed by atoms with Gasteiger partial charge >= 0.3 is 0 Å². The van der Waals surface area contributed by atoms with E-state index in [-0.39, 0.29) is 0 Å². The van der Waals surface area contributed by atoms with Gasteiger partial charge in [0.15, 0.2) is 5.82 Å². The molecule has 1 heterocycles. The van der Waals surface area contributed by atoms with Crippen LogP contribution in [0.15, 0.2) is 0 Å². The summed E-state index contributed by atoms with van der Waals surface area (Å²) >= 11 is 1.29. The SMILES string of the molecule is CCC1CCC(CNc2snc(N)c2C#N)CC1. The molecule has 1 fully saturated rings. The van der Waals surface area contributed by atoms with Crippen molar-refractivity contribution < 1.29 is 0 Å².